The Hall–Kier alpha value is -3.15. The van der Waals surface area contributed by atoms with Gasteiger partial charge in [0.1, 0.15) is 11.5 Å². The highest BCUT2D eigenvalue weighted by Gasteiger charge is 2.26. The Morgan fingerprint density at radius 2 is 2.07 bits per heavy atom. The number of amides is 2. The van der Waals surface area contributed by atoms with Crippen LogP contribution in [-0.4, -0.2) is 28.3 Å². The number of nitrogens with two attached hydrogens (primary N) is 1. The van der Waals surface area contributed by atoms with Crippen molar-refractivity contribution in [3.8, 4) is 0 Å². The molecule has 6 heteroatoms. The van der Waals surface area contributed by atoms with Gasteiger partial charge in [0.05, 0.1) is 0 Å². The Balaban J connectivity index is 1.59. The second kappa shape index (κ2) is 6.87. The molecular weight excluding hydrogens is 340 g/mol. The van der Waals surface area contributed by atoms with E-state index in [1.165, 1.54) is 0 Å². The minimum atomic E-state index is -0.581. The minimum absolute atomic E-state index is 0.0165. The summed E-state index contributed by atoms with van der Waals surface area (Å²) in [5.41, 5.74) is 8.74. The van der Waals surface area contributed by atoms with Gasteiger partial charge in [-0.1, -0.05) is 31.2 Å². The number of carbonyl (C=O) groups excluding carboxylic acids is 2. The molecule has 1 aliphatic heterocycles. The summed E-state index contributed by atoms with van der Waals surface area (Å²) in [4.78, 5) is 33.9. The third kappa shape index (κ3) is 3.18. The first-order valence-electron chi connectivity index (χ1n) is 9.20. The molecule has 1 aliphatic rings. The molecule has 1 unspecified atom stereocenters. The Morgan fingerprint density at radius 3 is 2.89 bits per heavy atom. The number of aryl methyl sites for hydroxylation is 1. The first kappa shape index (κ1) is 17.3. The monoisotopic (exact) mass is 362 g/mol. The van der Waals surface area contributed by atoms with Gasteiger partial charge in [-0.25, -0.2) is 4.98 Å². The molecule has 27 heavy (non-hydrogen) atoms. The molecule has 1 aromatic carbocycles. The zero-order valence-electron chi connectivity index (χ0n) is 15.2. The highest BCUT2D eigenvalue weighted by Crippen LogP contribution is 2.31. The van der Waals surface area contributed by atoms with Crippen LogP contribution in [-0.2, 0) is 11.2 Å². The highest BCUT2D eigenvalue weighted by molar-refractivity contribution is 5.96. The van der Waals surface area contributed by atoms with Crippen molar-refractivity contribution in [3.05, 3.63) is 59.4 Å². The van der Waals surface area contributed by atoms with Gasteiger partial charge in [0.25, 0.3) is 5.91 Å². The molecule has 2 aromatic heterocycles. The molecule has 2 amide bonds. The van der Waals surface area contributed by atoms with Gasteiger partial charge < -0.3 is 10.7 Å². The lowest BCUT2D eigenvalue weighted by Gasteiger charge is -2.29. The average molecular weight is 362 g/mol. The number of primary amides is 1. The van der Waals surface area contributed by atoms with Crippen LogP contribution >= 0.6 is 0 Å². The van der Waals surface area contributed by atoms with Gasteiger partial charge in [0, 0.05) is 30.1 Å². The number of anilines is 1. The summed E-state index contributed by atoms with van der Waals surface area (Å²) in [5.74, 6) is 0.0813. The van der Waals surface area contributed by atoms with E-state index < -0.39 is 5.91 Å². The van der Waals surface area contributed by atoms with Gasteiger partial charge in [-0.2, -0.15) is 0 Å². The number of rotatable bonds is 4. The topological polar surface area (TPSA) is 92.1 Å². The molecule has 0 fully saturated rings. The standard InChI is InChI=1S/C21H22N4O2/c1-13(16-12-23-17-7-3-2-6-15(16)17)11-19(26)25-10-4-5-14-8-9-18(20(22)27)24-21(14)25/h2-3,6-9,12-13,23H,4-5,10-11H2,1H3,(H2,22,27). The number of aromatic nitrogens is 2. The van der Waals surface area contributed by atoms with E-state index in [1.807, 2.05) is 30.5 Å². The second-order valence-corrected chi connectivity index (χ2v) is 7.09. The fourth-order valence-electron chi connectivity index (χ4n) is 3.80. The van der Waals surface area contributed by atoms with E-state index in [0.717, 1.165) is 34.9 Å². The molecule has 3 aromatic rings. The number of H-pyrrole nitrogens is 1. The number of nitrogens with zero attached hydrogens (tertiary/aromatic N) is 2. The van der Waals surface area contributed by atoms with Gasteiger partial charge in [0.2, 0.25) is 5.91 Å². The molecule has 0 saturated carbocycles. The Morgan fingerprint density at radius 1 is 1.26 bits per heavy atom. The Bertz CT molecular complexity index is 1020. The molecule has 3 N–H and O–H groups in total. The zero-order valence-corrected chi connectivity index (χ0v) is 15.2. The van der Waals surface area contributed by atoms with Crippen molar-refractivity contribution in [3.63, 3.8) is 0 Å². The zero-order chi connectivity index (χ0) is 19.0. The van der Waals surface area contributed by atoms with Crippen molar-refractivity contribution in [2.45, 2.75) is 32.1 Å². The molecule has 4 rings (SSSR count). The lowest BCUT2D eigenvalue weighted by atomic mass is 9.96. The summed E-state index contributed by atoms with van der Waals surface area (Å²) < 4.78 is 0. The molecule has 0 spiro atoms. The molecule has 6 nitrogen and oxygen atoms in total. The minimum Gasteiger partial charge on any atom is -0.364 e. The van der Waals surface area contributed by atoms with Crippen LogP contribution in [0.15, 0.2) is 42.6 Å². The maximum atomic E-state index is 13.0. The van der Waals surface area contributed by atoms with Crippen LogP contribution in [0.4, 0.5) is 5.82 Å². The van der Waals surface area contributed by atoms with Gasteiger partial charge >= 0.3 is 0 Å². The van der Waals surface area contributed by atoms with Crippen molar-refractivity contribution in [2.24, 2.45) is 5.73 Å². The number of fused-ring (bicyclic) bond motifs is 2. The lowest BCUT2D eigenvalue weighted by molar-refractivity contribution is -0.119. The first-order valence-corrected chi connectivity index (χ1v) is 9.20. The van der Waals surface area contributed by atoms with Crippen molar-refractivity contribution in [1.29, 1.82) is 0 Å². The third-order valence-corrected chi connectivity index (χ3v) is 5.23. The molecular formula is C21H22N4O2. The van der Waals surface area contributed by atoms with E-state index in [-0.39, 0.29) is 17.5 Å². The number of nitrogens with one attached hydrogen (secondary N) is 1. The van der Waals surface area contributed by atoms with Crippen LogP contribution in [0.3, 0.4) is 0 Å². The van der Waals surface area contributed by atoms with Crippen LogP contribution in [0.5, 0.6) is 0 Å². The fourth-order valence-corrected chi connectivity index (χ4v) is 3.80. The van der Waals surface area contributed by atoms with E-state index >= 15 is 0 Å². The number of para-hydroxylation sites is 1. The van der Waals surface area contributed by atoms with Crippen LogP contribution < -0.4 is 10.6 Å². The summed E-state index contributed by atoms with van der Waals surface area (Å²) >= 11 is 0. The van der Waals surface area contributed by atoms with E-state index in [9.17, 15) is 9.59 Å². The van der Waals surface area contributed by atoms with Crippen molar-refractivity contribution >= 4 is 28.5 Å². The van der Waals surface area contributed by atoms with Crippen LogP contribution in [0.1, 0.15) is 47.3 Å². The third-order valence-electron chi connectivity index (χ3n) is 5.23. The van der Waals surface area contributed by atoms with E-state index in [2.05, 4.69) is 23.0 Å². The van der Waals surface area contributed by atoms with Gasteiger partial charge in [-0.3, -0.25) is 14.5 Å². The second-order valence-electron chi connectivity index (χ2n) is 7.09. The van der Waals surface area contributed by atoms with Crippen molar-refractivity contribution in [1.82, 2.24) is 9.97 Å². The number of hydrogen-bond acceptors (Lipinski definition) is 3. The van der Waals surface area contributed by atoms with Gasteiger partial charge in [-0.05, 0) is 42.0 Å². The molecule has 3 heterocycles. The summed E-state index contributed by atoms with van der Waals surface area (Å²) in [5, 5.41) is 1.14. The first-order chi connectivity index (χ1) is 13.0. The van der Waals surface area contributed by atoms with Gasteiger partial charge in [-0.15, -0.1) is 0 Å². The predicted octanol–water partition coefficient (Wildman–Crippen LogP) is 3.13. The largest absolute Gasteiger partial charge is 0.364 e. The van der Waals surface area contributed by atoms with Crippen molar-refractivity contribution < 1.29 is 9.59 Å². The smallest absolute Gasteiger partial charge is 0.267 e. The maximum Gasteiger partial charge on any atom is 0.267 e. The molecule has 0 aliphatic carbocycles. The Kier molecular flexibility index (Phi) is 4.39. The molecule has 0 bridgehead atoms. The quantitative estimate of drug-likeness (QED) is 0.747. The number of carbonyl (C=O) groups is 2. The number of benzene rings is 1. The van der Waals surface area contributed by atoms with Crippen LogP contribution in [0.25, 0.3) is 10.9 Å². The Labute approximate surface area is 157 Å². The summed E-state index contributed by atoms with van der Waals surface area (Å²) in [7, 11) is 0. The predicted molar refractivity (Wildman–Crippen MR) is 105 cm³/mol. The van der Waals surface area contributed by atoms with Crippen LogP contribution in [0, 0.1) is 0 Å². The SMILES string of the molecule is CC(CC(=O)N1CCCc2ccc(C(N)=O)nc21)c1c[nH]c2ccccc12. The van der Waals surface area contributed by atoms with Crippen LogP contribution in [0.2, 0.25) is 0 Å². The summed E-state index contributed by atoms with van der Waals surface area (Å²) in [6.45, 7) is 2.67. The summed E-state index contributed by atoms with van der Waals surface area (Å²) in [6.07, 6.45) is 4.10. The molecule has 0 radical (unpaired) electrons. The van der Waals surface area contributed by atoms with E-state index in [1.54, 1.807) is 11.0 Å². The van der Waals surface area contributed by atoms with Gasteiger partial charge in [0.15, 0.2) is 0 Å². The lowest BCUT2D eigenvalue weighted by Crippen LogP contribution is -2.37. The van der Waals surface area contributed by atoms with E-state index in [0.29, 0.717) is 18.8 Å². The van der Waals surface area contributed by atoms with E-state index in [4.69, 9.17) is 5.73 Å². The maximum absolute atomic E-state index is 13.0. The highest BCUT2D eigenvalue weighted by atomic mass is 16.2. The molecule has 1 atom stereocenters. The average Bonchev–Trinajstić information content (AvgIpc) is 3.11. The van der Waals surface area contributed by atoms with Crippen molar-refractivity contribution in [2.75, 3.05) is 11.4 Å². The fraction of sp³-hybridized carbons (Fsp3) is 0.286. The normalized spacial score (nSPS) is 14.8. The summed E-state index contributed by atoms with van der Waals surface area (Å²) in [6, 6.07) is 11.6. The number of pyridine rings is 1. The molecule has 138 valence electrons. The number of hydrogen-bond donors (Lipinski definition) is 2. The molecule has 0 saturated heterocycles. The number of aromatic amines is 1.